The van der Waals surface area contributed by atoms with Gasteiger partial charge in [0.1, 0.15) is 18.9 Å². The van der Waals surface area contributed by atoms with Crippen LogP contribution in [0.2, 0.25) is 5.02 Å². The van der Waals surface area contributed by atoms with E-state index in [2.05, 4.69) is 5.32 Å². The van der Waals surface area contributed by atoms with E-state index >= 15 is 0 Å². The van der Waals surface area contributed by atoms with Crippen LogP contribution in [0.15, 0.2) is 42.5 Å². The Balaban J connectivity index is 2.05. The quantitative estimate of drug-likeness (QED) is 0.525. The van der Waals surface area contributed by atoms with Gasteiger partial charge >= 0.3 is 6.18 Å². The van der Waals surface area contributed by atoms with Crippen LogP contribution in [0.3, 0.4) is 0 Å². The molecule has 0 unspecified atom stereocenters. The van der Waals surface area contributed by atoms with Crippen molar-refractivity contribution in [1.82, 2.24) is 5.32 Å². The molecule has 0 spiro atoms. The molecule has 0 saturated carbocycles. The van der Waals surface area contributed by atoms with Crippen molar-refractivity contribution in [3.05, 3.63) is 58.6 Å². The van der Waals surface area contributed by atoms with Crippen LogP contribution in [0, 0.1) is 0 Å². The summed E-state index contributed by atoms with van der Waals surface area (Å²) in [6.07, 6.45) is -3.98. The molecule has 2 aromatic carbocycles. The number of hydrogen-bond donors (Lipinski definition) is 1. The number of alkyl halides is 3. The molecule has 0 saturated heterocycles. The number of nitrogens with one attached hydrogen (secondary N) is 1. The van der Waals surface area contributed by atoms with Crippen LogP contribution in [-0.2, 0) is 21.0 Å². The minimum atomic E-state index is -4.78. The van der Waals surface area contributed by atoms with E-state index in [1.165, 1.54) is 0 Å². The summed E-state index contributed by atoms with van der Waals surface area (Å²) < 4.78 is 69.9. The maximum atomic E-state index is 13.1. The van der Waals surface area contributed by atoms with Gasteiger partial charge in [0.25, 0.3) is 0 Å². The van der Waals surface area contributed by atoms with Crippen LogP contribution in [0.25, 0.3) is 0 Å². The number of anilines is 1. The average Bonchev–Trinajstić information content (AvgIpc) is 2.68. The molecule has 11 heteroatoms. The van der Waals surface area contributed by atoms with Crippen LogP contribution in [0.1, 0.15) is 30.9 Å². The first-order valence-electron chi connectivity index (χ1n) is 9.63. The van der Waals surface area contributed by atoms with Gasteiger partial charge in [0.05, 0.1) is 29.1 Å². The van der Waals surface area contributed by atoms with E-state index in [-0.39, 0.29) is 24.8 Å². The lowest BCUT2D eigenvalue weighted by Crippen LogP contribution is -2.41. The number of halogens is 4. The van der Waals surface area contributed by atoms with Gasteiger partial charge in [0, 0.05) is 0 Å². The highest BCUT2D eigenvalue weighted by Crippen LogP contribution is 2.37. The normalized spacial score (nSPS) is 12.0. The molecule has 176 valence electrons. The molecule has 0 atom stereocenters. The summed E-state index contributed by atoms with van der Waals surface area (Å²) in [6.45, 7) is 3.56. The van der Waals surface area contributed by atoms with Crippen LogP contribution in [0.4, 0.5) is 18.9 Å². The van der Waals surface area contributed by atoms with Gasteiger partial charge in [-0.2, -0.15) is 13.2 Å². The lowest BCUT2D eigenvalue weighted by Gasteiger charge is -2.23. The van der Waals surface area contributed by atoms with E-state index < -0.39 is 39.2 Å². The maximum Gasteiger partial charge on any atom is 0.417 e. The summed E-state index contributed by atoms with van der Waals surface area (Å²) in [5.41, 5.74) is -0.505. The fourth-order valence-electron chi connectivity index (χ4n) is 2.91. The third-order valence-corrected chi connectivity index (χ3v) is 5.92. The number of carbonyl (C=O) groups excluding carboxylic acids is 1. The minimum absolute atomic E-state index is 0.0806. The summed E-state index contributed by atoms with van der Waals surface area (Å²) in [5.74, 6) is 0.222. The second-order valence-corrected chi connectivity index (χ2v) is 9.64. The van der Waals surface area contributed by atoms with Gasteiger partial charge in [-0.05, 0) is 35.7 Å². The smallest absolute Gasteiger partial charge is 0.417 e. The van der Waals surface area contributed by atoms with E-state index in [0.29, 0.717) is 16.1 Å². The summed E-state index contributed by atoms with van der Waals surface area (Å²) in [7, 11) is -4.05. The predicted molar refractivity (Wildman–Crippen MR) is 118 cm³/mol. The van der Waals surface area contributed by atoms with E-state index in [0.717, 1.165) is 24.0 Å². The van der Waals surface area contributed by atoms with Crippen molar-refractivity contribution < 1.29 is 31.1 Å². The SMILES string of the molecule is CC(C)c1ccccc1OCCNC(=O)CN(c1ccc(Cl)c(C(F)(F)F)c1)S(C)(=O)=O. The van der Waals surface area contributed by atoms with Crippen LogP contribution in [0.5, 0.6) is 5.75 Å². The molecular weight excluding hydrogens is 469 g/mol. The number of para-hydroxylation sites is 1. The first-order valence-corrected chi connectivity index (χ1v) is 11.9. The zero-order chi connectivity index (χ0) is 24.1. The van der Waals surface area contributed by atoms with Gasteiger partial charge in [-0.25, -0.2) is 8.42 Å². The number of hydrogen-bond acceptors (Lipinski definition) is 4. The number of nitrogens with zero attached hydrogens (tertiary/aromatic N) is 1. The van der Waals surface area contributed by atoms with Gasteiger partial charge in [-0.3, -0.25) is 9.10 Å². The topological polar surface area (TPSA) is 75.7 Å². The first-order chi connectivity index (χ1) is 14.8. The van der Waals surface area contributed by atoms with Gasteiger partial charge in [-0.15, -0.1) is 0 Å². The molecule has 1 N–H and O–H groups in total. The molecule has 0 bridgehead atoms. The Morgan fingerprint density at radius 1 is 1.19 bits per heavy atom. The van der Waals surface area contributed by atoms with E-state index in [1.807, 2.05) is 32.0 Å². The molecular formula is C21H24ClF3N2O4S. The summed E-state index contributed by atoms with van der Waals surface area (Å²) in [6, 6.07) is 10.1. The Morgan fingerprint density at radius 3 is 2.44 bits per heavy atom. The molecule has 0 fully saturated rings. The van der Waals surface area contributed by atoms with Gasteiger partial charge in [0.2, 0.25) is 15.9 Å². The zero-order valence-electron chi connectivity index (χ0n) is 17.7. The molecule has 32 heavy (non-hydrogen) atoms. The highest BCUT2D eigenvalue weighted by molar-refractivity contribution is 7.92. The molecule has 6 nitrogen and oxygen atoms in total. The monoisotopic (exact) mass is 492 g/mol. The fourth-order valence-corrected chi connectivity index (χ4v) is 3.99. The van der Waals surface area contributed by atoms with Gasteiger partial charge in [0.15, 0.2) is 0 Å². The molecule has 0 aliphatic carbocycles. The lowest BCUT2D eigenvalue weighted by molar-refractivity contribution is -0.137. The standard InChI is InChI=1S/C21H24ClF3N2O4S/c1-14(2)16-6-4-5-7-19(16)31-11-10-26-20(28)13-27(32(3,29)30)15-8-9-18(22)17(12-15)21(23,24)25/h4-9,12,14H,10-11,13H2,1-3H3,(H,26,28). The molecule has 2 rings (SSSR count). The van der Waals surface area contributed by atoms with Crippen molar-refractivity contribution in [2.24, 2.45) is 0 Å². The number of amides is 1. The molecule has 0 aliphatic rings. The molecule has 2 aromatic rings. The van der Waals surface area contributed by atoms with E-state index in [4.69, 9.17) is 16.3 Å². The maximum absolute atomic E-state index is 13.1. The minimum Gasteiger partial charge on any atom is -0.491 e. The van der Waals surface area contributed by atoms with Gasteiger partial charge < -0.3 is 10.1 Å². The van der Waals surface area contributed by atoms with Crippen molar-refractivity contribution in [2.75, 3.05) is 30.3 Å². The van der Waals surface area contributed by atoms with Crippen molar-refractivity contribution in [3.8, 4) is 5.75 Å². The Kier molecular flexibility index (Phi) is 8.41. The number of carbonyl (C=O) groups is 1. The second kappa shape index (κ2) is 10.4. The highest BCUT2D eigenvalue weighted by Gasteiger charge is 2.34. The Morgan fingerprint density at radius 2 is 1.84 bits per heavy atom. The average molecular weight is 493 g/mol. The molecule has 0 aliphatic heterocycles. The lowest BCUT2D eigenvalue weighted by atomic mass is 10.0. The number of rotatable bonds is 9. The van der Waals surface area contributed by atoms with Gasteiger partial charge in [-0.1, -0.05) is 43.6 Å². The largest absolute Gasteiger partial charge is 0.491 e. The highest BCUT2D eigenvalue weighted by atomic mass is 35.5. The molecule has 0 aromatic heterocycles. The summed E-state index contributed by atoms with van der Waals surface area (Å²) in [5, 5.41) is 1.94. The third kappa shape index (κ3) is 7.03. The third-order valence-electron chi connectivity index (χ3n) is 4.45. The zero-order valence-corrected chi connectivity index (χ0v) is 19.3. The predicted octanol–water partition coefficient (Wildman–Crippen LogP) is 4.44. The first kappa shape index (κ1) is 25.8. The molecule has 0 radical (unpaired) electrons. The van der Waals surface area contributed by atoms with Crippen LogP contribution < -0.4 is 14.4 Å². The number of ether oxygens (including phenoxy) is 1. The van der Waals surface area contributed by atoms with Crippen LogP contribution in [-0.4, -0.2) is 40.3 Å². The fraction of sp³-hybridized carbons (Fsp3) is 0.381. The Labute approximate surface area is 190 Å². The van der Waals surface area contributed by atoms with E-state index in [9.17, 15) is 26.4 Å². The number of sulfonamides is 1. The van der Waals surface area contributed by atoms with Crippen molar-refractivity contribution in [1.29, 1.82) is 0 Å². The molecule has 0 heterocycles. The summed E-state index contributed by atoms with van der Waals surface area (Å²) in [4.78, 5) is 12.3. The second-order valence-electron chi connectivity index (χ2n) is 7.32. The number of benzene rings is 2. The van der Waals surface area contributed by atoms with Crippen molar-refractivity contribution >= 4 is 33.2 Å². The van der Waals surface area contributed by atoms with E-state index in [1.54, 1.807) is 6.07 Å². The van der Waals surface area contributed by atoms with Crippen LogP contribution >= 0.6 is 11.6 Å². The molecule has 1 amide bonds. The Hall–Kier alpha value is -2.46. The van der Waals surface area contributed by atoms with Crippen molar-refractivity contribution in [2.45, 2.75) is 25.9 Å². The summed E-state index contributed by atoms with van der Waals surface area (Å²) >= 11 is 5.59. The van der Waals surface area contributed by atoms with Crippen molar-refractivity contribution in [3.63, 3.8) is 0 Å². The Bertz CT molecular complexity index is 1060.